The highest BCUT2D eigenvalue weighted by Crippen LogP contribution is 2.38. The number of halogens is 2. The van der Waals surface area contributed by atoms with E-state index in [1.54, 1.807) is 0 Å². The third kappa shape index (κ3) is 5.24. The van der Waals surface area contributed by atoms with Gasteiger partial charge in [0.2, 0.25) is 11.6 Å². The van der Waals surface area contributed by atoms with Gasteiger partial charge in [0.1, 0.15) is 0 Å². The van der Waals surface area contributed by atoms with Crippen molar-refractivity contribution in [2.75, 3.05) is 0 Å². The van der Waals surface area contributed by atoms with Crippen LogP contribution < -0.4 is 26.3 Å². The second kappa shape index (κ2) is 9.79. The molecule has 11 nitrogen and oxygen atoms in total. The molecule has 0 bridgehead atoms. The van der Waals surface area contributed by atoms with E-state index in [-0.39, 0.29) is 45.1 Å². The lowest BCUT2D eigenvalue weighted by molar-refractivity contribution is -0.134. The molecule has 0 aliphatic heterocycles. The maximum absolute atomic E-state index is 12.1. The molecule has 0 aliphatic rings. The van der Waals surface area contributed by atoms with E-state index in [4.69, 9.17) is 32.7 Å². The summed E-state index contributed by atoms with van der Waals surface area (Å²) in [5.74, 6) is -1.02. The monoisotopic (exact) mass is 481 g/mol. The summed E-state index contributed by atoms with van der Waals surface area (Å²) in [6, 6.07) is 3.85. The maximum atomic E-state index is 12.1. The van der Waals surface area contributed by atoms with Gasteiger partial charge >= 0.3 is 17.2 Å². The van der Waals surface area contributed by atoms with E-state index in [0.29, 0.717) is 6.42 Å². The minimum absolute atomic E-state index is 0.00274. The van der Waals surface area contributed by atoms with Crippen LogP contribution in [0.15, 0.2) is 32.6 Å². The molecule has 2 heterocycles. The molecule has 32 heavy (non-hydrogen) atoms. The molecule has 168 valence electrons. The van der Waals surface area contributed by atoms with E-state index in [9.17, 15) is 19.2 Å². The van der Waals surface area contributed by atoms with Crippen LogP contribution in [0.5, 0.6) is 17.4 Å². The van der Waals surface area contributed by atoms with Gasteiger partial charge < -0.3 is 9.47 Å². The number of unbranched alkanes of at least 4 members (excludes halogenated alkanes) is 1. The molecule has 0 fully saturated rings. The number of rotatable bonds is 7. The lowest BCUT2D eigenvalue weighted by Gasteiger charge is -2.11. The summed E-state index contributed by atoms with van der Waals surface area (Å²) in [6.45, 7) is 1.92. The van der Waals surface area contributed by atoms with E-state index >= 15 is 0 Å². The molecule has 3 aromatic rings. The fraction of sp³-hybridized carbons (Fsp3) is 0.263. The van der Waals surface area contributed by atoms with E-state index in [0.717, 1.165) is 17.2 Å². The Kier molecular flexibility index (Phi) is 7.11. The van der Waals surface area contributed by atoms with Crippen molar-refractivity contribution in [2.45, 2.75) is 26.2 Å². The van der Waals surface area contributed by atoms with Crippen molar-refractivity contribution in [1.82, 2.24) is 25.0 Å². The van der Waals surface area contributed by atoms with Gasteiger partial charge in [0.15, 0.2) is 11.4 Å². The average molecular weight is 482 g/mol. The molecular formula is C19H17Cl2N5O6. The predicted molar refractivity (Wildman–Crippen MR) is 116 cm³/mol. The van der Waals surface area contributed by atoms with Gasteiger partial charge in [0.05, 0.1) is 16.1 Å². The molecule has 0 unspecified atom stereocenters. The molecule has 0 saturated carbocycles. The van der Waals surface area contributed by atoms with Crippen molar-refractivity contribution in [3.05, 3.63) is 59.4 Å². The molecule has 0 amide bonds. The van der Waals surface area contributed by atoms with Gasteiger partial charge in [-0.3, -0.25) is 19.4 Å². The molecule has 3 rings (SSSR count). The van der Waals surface area contributed by atoms with Crippen molar-refractivity contribution >= 4 is 29.2 Å². The number of hydrogen-bond acceptors (Lipinski definition) is 8. The number of H-pyrrole nitrogens is 2. The van der Waals surface area contributed by atoms with Crippen LogP contribution in [0.2, 0.25) is 10.0 Å². The van der Waals surface area contributed by atoms with Gasteiger partial charge in [-0.2, -0.15) is 5.10 Å². The zero-order valence-electron chi connectivity index (χ0n) is 16.9. The van der Waals surface area contributed by atoms with Crippen LogP contribution >= 0.6 is 23.2 Å². The highest BCUT2D eigenvalue weighted by atomic mass is 35.5. The van der Waals surface area contributed by atoms with Gasteiger partial charge in [0, 0.05) is 19.0 Å². The molecular weight excluding hydrogens is 465 g/mol. The lowest BCUT2D eigenvalue weighted by Crippen LogP contribution is -2.31. The van der Waals surface area contributed by atoms with Crippen LogP contribution in [-0.2, 0) is 11.8 Å². The Balaban J connectivity index is 1.91. The van der Waals surface area contributed by atoms with Gasteiger partial charge in [-0.15, -0.1) is 5.10 Å². The van der Waals surface area contributed by atoms with Gasteiger partial charge in [0.25, 0.3) is 5.56 Å². The number of nitrogens with one attached hydrogen (secondary N) is 2. The number of ether oxygens (including phenoxy) is 2. The van der Waals surface area contributed by atoms with Crippen molar-refractivity contribution in [3.8, 4) is 28.6 Å². The Morgan fingerprint density at radius 2 is 1.81 bits per heavy atom. The fourth-order valence-electron chi connectivity index (χ4n) is 2.56. The first kappa shape index (κ1) is 23.2. The molecule has 2 N–H and O–H groups in total. The van der Waals surface area contributed by atoms with Crippen LogP contribution in [0.25, 0.3) is 11.3 Å². The summed E-state index contributed by atoms with van der Waals surface area (Å²) in [5.41, 5.74) is -1.94. The normalized spacial score (nSPS) is 10.8. The number of carbonyl (C=O) groups is 1. The molecule has 0 saturated heterocycles. The number of aryl methyl sites for hydroxylation is 1. The van der Waals surface area contributed by atoms with E-state index in [1.165, 1.54) is 19.2 Å². The first-order chi connectivity index (χ1) is 15.2. The zero-order chi connectivity index (χ0) is 23.4. The second-order valence-electron chi connectivity index (χ2n) is 6.58. The van der Waals surface area contributed by atoms with Crippen molar-refractivity contribution in [2.24, 2.45) is 7.05 Å². The predicted octanol–water partition coefficient (Wildman–Crippen LogP) is 2.41. The number of nitrogens with zero attached hydrogens (tertiary/aromatic N) is 3. The van der Waals surface area contributed by atoms with Crippen LogP contribution in [0, 0.1) is 0 Å². The Bertz CT molecular complexity index is 1320. The Morgan fingerprint density at radius 1 is 1.12 bits per heavy atom. The van der Waals surface area contributed by atoms with Gasteiger partial charge in [-0.25, -0.2) is 14.6 Å². The minimum atomic E-state index is -0.717. The SMILES string of the molecule is CCCCC(=O)Oc1cc(Oc2c(Cl)cc(-c3nn(C)c(=O)[nH]c3=O)cc2Cl)n[nH]c1=O. The average Bonchev–Trinajstić information content (AvgIpc) is 2.74. The lowest BCUT2D eigenvalue weighted by atomic mass is 10.1. The Labute approximate surface area is 189 Å². The van der Waals surface area contributed by atoms with E-state index < -0.39 is 22.8 Å². The van der Waals surface area contributed by atoms with Crippen LogP contribution in [0.3, 0.4) is 0 Å². The number of hydrogen-bond donors (Lipinski definition) is 2. The molecule has 0 radical (unpaired) electrons. The Hall–Kier alpha value is -3.44. The van der Waals surface area contributed by atoms with Crippen molar-refractivity contribution in [3.63, 3.8) is 0 Å². The highest BCUT2D eigenvalue weighted by molar-refractivity contribution is 6.37. The van der Waals surface area contributed by atoms with Crippen LogP contribution in [0.1, 0.15) is 26.2 Å². The summed E-state index contributed by atoms with van der Waals surface area (Å²) in [6.07, 6.45) is 1.58. The van der Waals surface area contributed by atoms with Gasteiger partial charge in [-0.1, -0.05) is 36.5 Å². The smallest absolute Gasteiger partial charge is 0.344 e. The molecule has 2 aromatic heterocycles. The third-order valence-corrected chi connectivity index (χ3v) is 4.72. The quantitative estimate of drug-likeness (QED) is 0.488. The largest absolute Gasteiger partial charge is 0.434 e. The second-order valence-corrected chi connectivity index (χ2v) is 7.39. The van der Waals surface area contributed by atoms with Gasteiger partial charge in [-0.05, 0) is 18.6 Å². The summed E-state index contributed by atoms with van der Waals surface area (Å²) in [7, 11) is 1.37. The number of benzene rings is 1. The summed E-state index contributed by atoms with van der Waals surface area (Å²) < 4.78 is 11.6. The summed E-state index contributed by atoms with van der Waals surface area (Å²) in [4.78, 5) is 49.4. The molecule has 1 aromatic carbocycles. The first-order valence-corrected chi connectivity index (χ1v) is 10.1. The van der Waals surface area contributed by atoms with Crippen LogP contribution in [0.4, 0.5) is 0 Å². The maximum Gasteiger partial charge on any atom is 0.344 e. The number of carbonyl (C=O) groups excluding carboxylic acids is 1. The molecule has 13 heteroatoms. The fourth-order valence-corrected chi connectivity index (χ4v) is 3.12. The molecule has 0 spiro atoms. The van der Waals surface area contributed by atoms with E-state index in [1.807, 2.05) is 6.92 Å². The standard InChI is InChI=1S/C19H17Cl2N5O6/c1-3-4-5-14(27)31-12-8-13(23-24-17(12)28)32-16-10(20)6-9(7-11(16)21)15-18(29)22-19(30)26(2)25-15/h6-8H,3-5H2,1-2H3,(H,24,28)(H,22,29,30). The van der Waals surface area contributed by atoms with Crippen LogP contribution in [-0.4, -0.2) is 30.9 Å². The molecule has 0 aliphatic carbocycles. The third-order valence-electron chi connectivity index (χ3n) is 4.16. The summed E-state index contributed by atoms with van der Waals surface area (Å²) >= 11 is 12.5. The number of aromatic nitrogens is 5. The first-order valence-electron chi connectivity index (χ1n) is 9.35. The highest BCUT2D eigenvalue weighted by Gasteiger charge is 2.17. The van der Waals surface area contributed by atoms with Crippen molar-refractivity contribution in [1.29, 1.82) is 0 Å². The summed E-state index contributed by atoms with van der Waals surface area (Å²) in [5, 5.41) is 9.80. The number of aromatic amines is 2. The zero-order valence-corrected chi connectivity index (χ0v) is 18.4. The molecule has 0 atom stereocenters. The number of esters is 1. The topological polar surface area (TPSA) is 149 Å². The Morgan fingerprint density at radius 3 is 2.47 bits per heavy atom. The van der Waals surface area contributed by atoms with E-state index in [2.05, 4.69) is 20.3 Å². The minimum Gasteiger partial charge on any atom is -0.434 e. The van der Waals surface area contributed by atoms with Crippen molar-refractivity contribution < 1.29 is 14.3 Å².